The van der Waals surface area contributed by atoms with Crippen LogP contribution in [0.15, 0.2) is 30.3 Å². The minimum Gasteiger partial charge on any atom is -0.481 e. The van der Waals surface area contributed by atoms with Gasteiger partial charge in [-0.15, -0.1) is 0 Å². The lowest BCUT2D eigenvalue weighted by Gasteiger charge is -2.06. The Kier molecular flexibility index (Phi) is 4.65. The van der Waals surface area contributed by atoms with Crippen LogP contribution in [0.1, 0.15) is 19.3 Å². The number of carbonyl (C=O) groups is 1. The Bertz CT molecular complexity index is 672. The first kappa shape index (κ1) is 14.7. The average Bonchev–Trinajstić information content (AvgIpc) is 2.45. The van der Waals surface area contributed by atoms with E-state index >= 15 is 0 Å². The highest BCUT2D eigenvalue weighted by Crippen LogP contribution is 2.21. The van der Waals surface area contributed by atoms with Gasteiger partial charge in [-0.1, -0.05) is 0 Å². The number of non-ortho nitro benzene ring substituents is 1. The molecule has 0 aliphatic carbocycles. The van der Waals surface area contributed by atoms with Crippen molar-refractivity contribution >= 4 is 28.4 Å². The Hall–Kier alpha value is -2.70. The number of unbranched alkanes of at least 4 members (excludes halogenated alkanes) is 1. The van der Waals surface area contributed by atoms with E-state index in [1.165, 1.54) is 12.1 Å². The molecule has 0 saturated carbocycles. The first-order chi connectivity index (χ1) is 10.1. The van der Waals surface area contributed by atoms with Gasteiger partial charge < -0.3 is 10.4 Å². The largest absolute Gasteiger partial charge is 0.481 e. The fourth-order valence-corrected chi connectivity index (χ4v) is 1.94. The number of fused-ring (bicyclic) bond motifs is 1. The second-order valence-corrected chi connectivity index (χ2v) is 4.61. The van der Waals surface area contributed by atoms with Crippen molar-refractivity contribution in [2.45, 2.75) is 19.3 Å². The fraction of sp³-hybridized carbons (Fsp3) is 0.286. The number of pyridine rings is 1. The van der Waals surface area contributed by atoms with Crippen molar-refractivity contribution in [1.29, 1.82) is 0 Å². The molecule has 1 heterocycles. The van der Waals surface area contributed by atoms with Crippen LogP contribution in [0, 0.1) is 10.1 Å². The molecule has 0 aliphatic heterocycles. The lowest BCUT2D eigenvalue weighted by molar-refractivity contribution is -0.384. The number of anilines is 1. The van der Waals surface area contributed by atoms with Crippen molar-refractivity contribution < 1.29 is 14.8 Å². The van der Waals surface area contributed by atoms with Crippen LogP contribution in [0.4, 0.5) is 11.5 Å². The van der Waals surface area contributed by atoms with Gasteiger partial charge in [0, 0.05) is 30.5 Å². The second-order valence-electron chi connectivity index (χ2n) is 4.61. The van der Waals surface area contributed by atoms with Crippen LogP contribution in [0.25, 0.3) is 10.9 Å². The highest BCUT2D eigenvalue weighted by Gasteiger charge is 2.07. The van der Waals surface area contributed by atoms with Gasteiger partial charge in [0.05, 0.1) is 10.4 Å². The number of hydrogen-bond donors (Lipinski definition) is 2. The monoisotopic (exact) mass is 289 g/mol. The van der Waals surface area contributed by atoms with E-state index in [0.29, 0.717) is 29.7 Å². The van der Waals surface area contributed by atoms with Crippen molar-refractivity contribution in [3.8, 4) is 0 Å². The lowest BCUT2D eigenvalue weighted by atomic mass is 10.2. The maximum absolute atomic E-state index is 10.7. The third-order valence-electron chi connectivity index (χ3n) is 3.01. The van der Waals surface area contributed by atoms with Crippen molar-refractivity contribution in [2.75, 3.05) is 11.9 Å². The molecule has 0 unspecified atom stereocenters. The van der Waals surface area contributed by atoms with E-state index in [4.69, 9.17) is 5.11 Å². The van der Waals surface area contributed by atoms with E-state index in [0.717, 1.165) is 6.42 Å². The summed E-state index contributed by atoms with van der Waals surface area (Å²) in [4.78, 5) is 25.0. The molecule has 2 aromatic rings. The zero-order chi connectivity index (χ0) is 15.2. The number of rotatable bonds is 7. The van der Waals surface area contributed by atoms with Gasteiger partial charge in [0.2, 0.25) is 0 Å². The number of nitro groups is 1. The van der Waals surface area contributed by atoms with E-state index in [1.54, 1.807) is 18.2 Å². The van der Waals surface area contributed by atoms with Crippen LogP contribution in [-0.4, -0.2) is 27.5 Å². The maximum atomic E-state index is 10.7. The number of hydrogen-bond acceptors (Lipinski definition) is 5. The molecule has 0 atom stereocenters. The molecule has 0 fully saturated rings. The molecule has 0 spiro atoms. The summed E-state index contributed by atoms with van der Waals surface area (Å²) >= 11 is 0. The molecule has 0 amide bonds. The van der Waals surface area contributed by atoms with Gasteiger partial charge >= 0.3 is 5.97 Å². The summed E-state index contributed by atoms with van der Waals surface area (Å²) in [6, 6.07) is 8.05. The quantitative estimate of drug-likeness (QED) is 0.461. The zero-order valence-corrected chi connectivity index (χ0v) is 11.3. The van der Waals surface area contributed by atoms with Gasteiger partial charge in [-0.05, 0) is 31.0 Å². The Morgan fingerprint density at radius 3 is 2.81 bits per heavy atom. The number of nitrogens with one attached hydrogen (secondary N) is 1. The van der Waals surface area contributed by atoms with Crippen LogP contribution in [0.5, 0.6) is 0 Å². The van der Waals surface area contributed by atoms with Gasteiger partial charge in [0.1, 0.15) is 5.82 Å². The molecule has 1 aromatic carbocycles. The first-order valence-corrected chi connectivity index (χ1v) is 6.57. The molecule has 0 radical (unpaired) electrons. The Morgan fingerprint density at radius 2 is 2.10 bits per heavy atom. The van der Waals surface area contributed by atoms with Gasteiger partial charge in [0.25, 0.3) is 5.69 Å². The number of carboxylic acids is 1. The Balaban J connectivity index is 1.97. The summed E-state index contributed by atoms with van der Waals surface area (Å²) in [5.74, 6) is -0.118. The summed E-state index contributed by atoms with van der Waals surface area (Å²) in [6.45, 7) is 0.638. The summed E-state index contributed by atoms with van der Waals surface area (Å²) in [6.07, 6.45) is 1.52. The van der Waals surface area contributed by atoms with Gasteiger partial charge in [-0.3, -0.25) is 14.9 Å². The predicted octanol–water partition coefficient (Wildman–Crippen LogP) is 2.81. The van der Waals surface area contributed by atoms with Crippen LogP contribution in [0.3, 0.4) is 0 Å². The minimum atomic E-state index is -0.791. The van der Waals surface area contributed by atoms with Crippen LogP contribution in [-0.2, 0) is 4.79 Å². The van der Waals surface area contributed by atoms with E-state index in [1.807, 2.05) is 0 Å². The number of nitrogens with zero attached hydrogens (tertiary/aromatic N) is 2. The highest BCUT2D eigenvalue weighted by molar-refractivity contribution is 5.82. The molecule has 7 nitrogen and oxygen atoms in total. The molecule has 0 bridgehead atoms. The van der Waals surface area contributed by atoms with Crippen molar-refractivity contribution in [2.24, 2.45) is 0 Å². The second kappa shape index (κ2) is 6.65. The summed E-state index contributed by atoms with van der Waals surface area (Å²) in [5.41, 5.74) is 0.717. The van der Waals surface area contributed by atoms with Crippen LogP contribution >= 0.6 is 0 Å². The molecular weight excluding hydrogens is 274 g/mol. The molecule has 0 saturated heterocycles. The third kappa shape index (κ3) is 4.13. The predicted molar refractivity (Wildman–Crippen MR) is 78.4 cm³/mol. The van der Waals surface area contributed by atoms with Crippen molar-refractivity contribution in [1.82, 2.24) is 4.98 Å². The topological polar surface area (TPSA) is 105 Å². The van der Waals surface area contributed by atoms with E-state index in [-0.39, 0.29) is 12.1 Å². The number of aliphatic carboxylic acids is 1. The van der Waals surface area contributed by atoms with Gasteiger partial charge in [-0.2, -0.15) is 0 Å². The maximum Gasteiger partial charge on any atom is 0.303 e. The summed E-state index contributed by atoms with van der Waals surface area (Å²) in [5, 5.41) is 23.0. The molecule has 7 heteroatoms. The molecule has 0 aliphatic rings. The minimum absolute atomic E-state index is 0.0404. The SMILES string of the molecule is O=C(O)CCCCNc1ccc2cc([N+](=O)[O-])ccc2n1. The normalized spacial score (nSPS) is 10.5. The molecule has 2 N–H and O–H groups in total. The van der Waals surface area contributed by atoms with Crippen LogP contribution in [0.2, 0.25) is 0 Å². The zero-order valence-electron chi connectivity index (χ0n) is 11.3. The first-order valence-electron chi connectivity index (χ1n) is 6.57. The number of carboxylic acid groups (broad SMARTS) is 1. The van der Waals surface area contributed by atoms with E-state index < -0.39 is 10.9 Å². The number of benzene rings is 1. The third-order valence-corrected chi connectivity index (χ3v) is 3.01. The Labute approximate surface area is 120 Å². The van der Waals surface area contributed by atoms with Crippen molar-refractivity contribution in [3.05, 3.63) is 40.4 Å². The number of aromatic nitrogens is 1. The van der Waals surface area contributed by atoms with Crippen LogP contribution < -0.4 is 5.32 Å². The van der Waals surface area contributed by atoms with Crippen molar-refractivity contribution in [3.63, 3.8) is 0 Å². The standard InChI is InChI=1S/C14H15N3O4/c18-14(19)3-1-2-8-15-13-7-4-10-9-11(17(20)21)5-6-12(10)16-13/h4-7,9H,1-3,8H2,(H,15,16)(H,18,19). The smallest absolute Gasteiger partial charge is 0.303 e. The summed E-state index contributed by atoms with van der Waals surface area (Å²) < 4.78 is 0. The Morgan fingerprint density at radius 1 is 1.29 bits per heavy atom. The van der Waals surface area contributed by atoms with Gasteiger partial charge in [-0.25, -0.2) is 4.98 Å². The lowest BCUT2D eigenvalue weighted by Crippen LogP contribution is -2.04. The highest BCUT2D eigenvalue weighted by atomic mass is 16.6. The molecule has 1 aromatic heterocycles. The van der Waals surface area contributed by atoms with E-state index in [2.05, 4.69) is 10.3 Å². The fourth-order valence-electron chi connectivity index (χ4n) is 1.94. The molecule has 110 valence electrons. The molecule has 21 heavy (non-hydrogen) atoms. The van der Waals surface area contributed by atoms with E-state index in [9.17, 15) is 14.9 Å². The molecule has 2 rings (SSSR count). The molecular formula is C14H15N3O4. The average molecular weight is 289 g/mol. The number of nitro benzene ring substituents is 1. The van der Waals surface area contributed by atoms with Gasteiger partial charge in [0.15, 0.2) is 0 Å². The summed E-state index contributed by atoms with van der Waals surface area (Å²) in [7, 11) is 0.